The van der Waals surface area contributed by atoms with Crippen LogP contribution >= 0.6 is 0 Å². The topological polar surface area (TPSA) is 12.5 Å². The molecule has 1 aliphatic heterocycles. The molecular formula is C22H35NO. The summed E-state index contributed by atoms with van der Waals surface area (Å²) in [4.78, 5) is 2.67. The Kier molecular flexibility index (Phi) is 7.36. The van der Waals surface area contributed by atoms with Gasteiger partial charge in [0, 0.05) is 6.54 Å². The zero-order valence-corrected chi connectivity index (χ0v) is 15.9. The lowest BCUT2D eigenvalue weighted by atomic mass is 9.68. The van der Waals surface area contributed by atoms with Gasteiger partial charge in [0.1, 0.15) is 12.4 Å². The van der Waals surface area contributed by atoms with Crippen molar-refractivity contribution in [1.82, 2.24) is 4.90 Å². The van der Waals surface area contributed by atoms with Gasteiger partial charge in [0.15, 0.2) is 0 Å². The van der Waals surface area contributed by atoms with Crippen LogP contribution in [0.15, 0.2) is 36.9 Å². The van der Waals surface area contributed by atoms with Gasteiger partial charge in [-0.25, -0.2) is 0 Å². The van der Waals surface area contributed by atoms with Crippen LogP contribution in [-0.2, 0) is 5.41 Å². The minimum Gasteiger partial charge on any atom is -0.490 e. The summed E-state index contributed by atoms with van der Waals surface area (Å²) in [5.41, 5.74) is 1.66. The van der Waals surface area contributed by atoms with Crippen molar-refractivity contribution in [3.05, 3.63) is 42.5 Å². The molecule has 1 heterocycles. The van der Waals surface area contributed by atoms with Crippen LogP contribution in [0.1, 0.15) is 58.4 Å². The minimum atomic E-state index is 0.244. The number of likely N-dealkylation sites (tertiary alicyclic amines) is 1. The Morgan fingerprint density at radius 1 is 1.33 bits per heavy atom. The summed E-state index contributed by atoms with van der Waals surface area (Å²) in [6.07, 6.45) is 8.45. The van der Waals surface area contributed by atoms with Crippen molar-refractivity contribution in [2.45, 2.75) is 58.3 Å². The standard InChI is InChI=1S/C22H35NO/c1-5-7-8-9-14-23-15-13-22(4,19(3)18-23)20-11-10-12-21(17-20)24-16-6-2/h6,10-12,17,19H,2,5,7-9,13-16,18H2,1,3-4H3. The molecule has 1 aromatic carbocycles. The normalized spacial score (nSPS) is 24.7. The number of piperidine rings is 1. The zero-order valence-electron chi connectivity index (χ0n) is 15.9. The molecule has 2 atom stereocenters. The molecule has 2 nitrogen and oxygen atoms in total. The molecule has 0 aromatic heterocycles. The van der Waals surface area contributed by atoms with E-state index in [0.29, 0.717) is 12.5 Å². The number of hydrogen-bond acceptors (Lipinski definition) is 2. The van der Waals surface area contributed by atoms with Gasteiger partial charge in [-0.05, 0) is 55.0 Å². The first-order valence-electron chi connectivity index (χ1n) is 9.66. The second kappa shape index (κ2) is 9.27. The SMILES string of the molecule is C=CCOc1cccc(C2(C)CCN(CCCCCC)CC2C)c1. The first-order valence-corrected chi connectivity index (χ1v) is 9.66. The van der Waals surface area contributed by atoms with Gasteiger partial charge < -0.3 is 9.64 Å². The Balaban J connectivity index is 1.97. The molecule has 134 valence electrons. The van der Waals surface area contributed by atoms with Gasteiger partial charge in [0.25, 0.3) is 0 Å². The highest BCUT2D eigenvalue weighted by molar-refractivity contribution is 5.34. The molecule has 0 bridgehead atoms. The molecule has 2 heteroatoms. The van der Waals surface area contributed by atoms with E-state index in [-0.39, 0.29) is 5.41 Å². The fourth-order valence-corrected chi connectivity index (χ4v) is 3.81. The number of nitrogens with zero attached hydrogens (tertiary/aromatic N) is 1. The van der Waals surface area contributed by atoms with Gasteiger partial charge in [-0.15, -0.1) is 0 Å². The van der Waals surface area contributed by atoms with Gasteiger partial charge in [-0.3, -0.25) is 0 Å². The third kappa shape index (κ3) is 4.86. The second-order valence-corrected chi connectivity index (χ2v) is 7.56. The molecule has 0 saturated carbocycles. The Labute approximate surface area is 148 Å². The first-order chi connectivity index (χ1) is 11.6. The lowest BCUT2D eigenvalue weighted by molar-refractivity contribution is 0.109. The van der Waals surface area contributed by atoms with Crippen LogP contribution in [0.25, 0.3) is 0 Å². The maximum absolute atomic E-state index is 5.74. The molecule has 1 fully saturated rings. The molecule has 1 saturated heterocycles. The van der Waals surface area contributed by atoms with Crippen LogP contribution < -0.4 is 4.74 Å². The quantitative estimate of drug-likeness (QED) is 0.442. The number of unbranched alkanes of at least 4 members (excludes halogenated alkanes) is 3. The van der Waals surface area contributed by atoms with Crippen molar-refractivity contribution in [3.63, 3.8) is 0 Å². The second-order valence-electron chi connectivity index (χ2n) is 7.56. The highest BCUT2D eigenvalue weighted by Gasteiger charge is 2.37. The summed E-state index contributed by atoms with van der Waals surface area (Å²) in [5, 5.41) is 0. The van der Waals surface area contributed by atoms with Gasteiger partial charge >= 0.3 is 0 Å². The summed E-state index contributed by atoms with van der Waals surface area (Å²) < 4.78 is 5.74. The lowest BCUT2D eigenvalue weighted by Gasteiger charge is -2.45. The third-order valence-electron chi connectivity index (χ3n) is 5.76. The van der Waals surface area contributed by atoms with Crippen molar-refractivity contribution in [2.24, 2.45) is 5.92 Å². The van der Waals surface area contributed by atoms with E-state index in [1.807, 2.05) is 6.07 Å². The smallest absolute Gasteiger partial charge is 0.120 e. The molecule has 1 aliphatic rings. The molecule has 0 spiro atoms. The summed E-state index contributed by atoms with van der Waals surface area (Å²) in [7, 11) is 0. The number of ether oxygens (including phenoxy) is 1. The molecule has 0 N–H and O–H groups in total. The Morgan fingerprint density at radius 3 is 2.88 bits per heavy atom. The molecule has 0 amide bonds. The number of benzene rings is 1. The molecule has 0 aliphatic carbocycles. The van der Waals surface area contributed by atoms with Crippen LogP contribution in [0.4, 0.5) is 0 Å². The van der Waals surface area contributed by atoms with E-state index in [4.69, 9.17) is 4.74 Å². The molecule has 1 aromatic rings. The maximum atomic E-state index is 5.74. The van der Waals surface area contributed by atoms with E-state index in [2.05, 4.69) is 50.4 Å². The Hall–Kier alpha value is -1.28. The third-order valence-corrected chi connectivity index (χ3v) is 5.76. The fraction of sp³-hybridized carbons (Fsp3) is 0.636. The van der Waals surface area contributed by atoms with E-state index in [0.717, 1.165) is 5.75 Å². The molecule has 24 heavy (non-hydrogen) atoms. The van der Waals surface area contributed by atoms with Gasteiger partial charge in [-0.1, -0.05) is 64.8 Å². The molecule has 2 unspecified atom stereocenters. The van der Waals surface area contributed by atoms with Crippen molar-refractivity contribution >= 4 is 0 Å². The monoisotopic (exact) mass is 329 g/mol. The van der Waals surface area contributed by atoms with E-state index >= 15 is 0 Å². The predicted octanol–water partition coefficient (Wildman–Crippen LogP) is 5.43. The van der Waals surface area contributed by atoms with Crippen LogP contribution in [0.3, 0.4) is 0 Å². The largest absolute Gasteiger partial charge is 0.490 e. The molecule has 2 rings (SSSR count). The van der Waals surface area contributed by atoms with E-state index in [9.17, 15) is 0 Å². The van der Waals surface area contributed by atoms with E-state index in [1.165, 1.54) is 57.3 Å². The summed E-state index contributed by atoms with van der Waals surface area (Å²) in [5.74, 6) is 1.62. The average molecular weight is 330 g/mol. The molecular weight excluding hydrogens is 294 g/mol. The Morgan fingerprint density at radius 2 is 2.17 bits per heavy atom. The van der Waals surface area contributed by atoms with Crippen LogP contribution in [0.5, 0.6) is 5.75 Å². The predicted molar refractivity (Wildman–Crippen MR) is 104 cm³/mol. The van der Waals surface area contributed by atoms with Crippen LogP contribution in [0.2, 0.25) is 0 Å². The van der Waals surface area contributed by atoms with Crippen molar-refractivity contribution in [2.75, 3.05) is 26.2 Å². The van der Waals surface area contributed by atoms with E-state index in [1.54, 1.807) is 6.08 Å². The van der Waals surface area contributed by atoms with Crippen molar-refractivity contribution in [3.8, 4) is 5.75 Å². The Bertz CT molecular complexity index is 512. The van der Waals surface area contributed by atoms with Crippen LogP contribution in [-0.4, -0.2) is 31.1 Å². The fourth-order valence-electron chi connectivity index (χ4n) is 3.81. The van der Waals surface area contributed by atoms with Gasteiger partial charge in [0.2, 0.25) is 0 Å². The number of hydrogen-bond donors (Lipinski definition) is 0. The summed E-state index contributed by atoms with van der Waals surface area (Å²) in [6, 6.07) is 8.68. The first kappa shape index (κ1) is 19.1. The highest BCUT2D eigenvalue weighted by Crippen LogP contribution is 2.40. The maximum Gasteiger partial charge on any atom is 0.120 e. The summed E-state index contributed by atoms with van der Waals surface area (Å²) >= 11 is 0. The van der Waals surface area contributed by atoms with Crippen molar-refractivity contribution in [1.29, 1.82) is 0 Å². The van der Waals surface area contributed by atoms with Gasteiger partial charge in [-0.2, -0.15) is 0 Å². The van der Waals surface area contributed by atoms with Gasteiger partial charge in [0.05, 0.1) is 0 Å². The zero-order chi connectivity index (χ0) is 17.4. The molecule has 0 radical (unpaired) electrons. The highest BCUT2D eigenvalue weighted by atomic mass is 16.5. The van der Waals surface area contributed by atoms with Crippen molar-refractivity contribution < 1.29 is 4.74 Å². The average Bonchev–Trinajstić information content (AvgIpc) is 2.60. The minimum absolute atomic E-state index is 0.244. The number of rotatable bonds is 9. The lowest BCUT2D eigenvalue weighted by Crippen LogP contribution is -2.47. The summed E-state index contributed by atoms with van der Waals surface area (Å²) in [6.45, 7) is 15.1. The van der Waals surface area contributed by atoms with E-state index < -0.39 is 0 Å². The van der Waals surface area contributed by atoms with Crippen LogP contribution in [0, 0.1) is 5.92 Å².